The zero-order chi connectivity index (χ0) is 14.3. The van der Waals surface area contributed by atoms with Crippen LogP contribution in [0.5, 0.6) is 0 Å². The molecule has 1 N–H and O–H groups in total. The fourth-order valence-corrected chi connectivity index (χ4v) is 1.88. The van der Waals surface area contributed by atoms with Gasteiger partial charge in [0.15, 0.2) is 11.6 Å². The first-order valence-electron chi connectivity index (χ1n) is 6.65. The van der Waals surface area contributed by atoms with Crippen molar-refractivity contribution in [2.75, 3.05) is 37.0 Å². The van der Waals surface area contributed by atoms with E-state index in [1.54, 1.807) is 7.11 Å². The van der Waals surface area contributed by atoms with Gasteiger partial charge < -0.3 is 15.0 Å². The molecule has 6 heteroatoms. The molecule has 5 nitrogen and oxygen atoms in total. The number of nitrogens with zero attached hydrogens (tertiary/aromatic N) is 3. The quantitative estimate of drug-likeness (QED) is 0.785. The molecule has 0 fully saturated rings. The van der Waals surface area contributed by atoms with E-state index in [2.05, 4.69) is 22.2 Å². The van der Waals surface area contributed by atoms with Crippen LogP contribution in [0.1, 0.15) is 27.2 Å². The van der Waals surface area contributed by atoms with E-state index in [-0.39, 0.29) is 6.04 Å². The van der Waals surface area contributed by atoms with Gasteiger partial charge in [0, 0.05) is 20.2 Å². The van der Waals surface area contributed by atoms with Crippen LogP contribution in [0.3, 0.4) is 0 Å². The normalized spacial score (nSPS) is 12.3. The van der Waals surface area contributed by atoms with E-state index in [1.807, 2.05) is 18.7 Å². The number of ether oxygens (including phenoxy) is 1. The third-order valence-corrected chi connectivity index (χ3v) is 2.81. The number of hydrogen-bond acceptors (Lipinski definition) is 5. The average Bonchev–Trinajstić information content (AvgIpc) is 2.40. The average molecular weight is 270 g/mol. The monoisotopic (exact) mass is 270 g/mol. The molecule has 0 saturated carbocycles. The van der Waals surface area contributed by atoms with Crippen molar-refractivity contribution in [2.24, 2.45) is 0 Å². The maximum Gasteiger partial charge on any atom is 0.224 e. The third-order valence-electron chi connectivity index (χ3n) is 2.81. The number of likely N-dealkylation sites (N-methyl/N-ethyl adjacent to an activating group) is 1. The fraction of sp³-hybridized carbons (Fsp3) is 0.692. The van der Waals surface area contributed by atoms with Gasteiger partial charge >= 0.3 is 0 Å². The van der Waals surface area contributed by atoms with Gasteiger partial charge in [-0.2, -0.15) is 4.98 Å². The lowest BCUT2D eigenvalue weighted by atomic mass is 10.3. The topological polar surface area (TPSA) is 50.3 Å². The van der Waals surface area contributed by atoms with Crippen molar-refractivity contribution in [1.82, 2.24) is 9.97 Å². The van der Waals surface area contributed by atoms with Crippen molar-refractivity contribution in [2.45, 2.75) is 33.2 Å². The van der Waals surface area contributed by atoms with Gasteiger partial charge in [0.1, 0.15) is 0 Å². The Kier molecular flexibility index (Phi) is 6.49. The fourth-order valence-electron chi connectivity index (χ4n) is 1.88. The summed E-state index contributed by atoms with van der Waals surface area (Å²) in [5.74, 6) is 0.369. The Labute approximate surface area is 114 Å². The zero-order valence-corrected chi connectivity index (χ0v) is 12.1. The highest BCUT2D eigenvalue weighted by atomic mass is 19.1. The summed E-state index contributed by atoms with van der Waals surface area (Å²) in [5.41, 5.74) is 0. The summed E-state index contributed by atoms with van der Waals surface area (Å²) in [6.45, 7) is 7.95. The number of rotatable bonds is 8. The zero-order valence-electron chi connectivity index (χ0n) is 12.1. The lowest BCUT2D eigenvalue weighted by molar-refractivity contribution is 0.181. The van der Waals surface area contributed by atoms with Crippen LogP contribution >= 0.6 is 0 Å². The molecule has 1 atom stereocenters. The molecule has 0 bridgehead atoms. The number of methoxy groups -OCH3 is 1. The Morgan fingerprint density at radius 1 is 1.47 bits per heavy atom. The first-order valence-corrected chi connectivity index (χ1v) is 6.65. The molecule has 0 radical (unpaired) electrons. The Hall–Kier alpha value is -1.43. The molecule has 0 aliphatic rings. The van der Waals surface area contributed by atoms with E-state index in [9.17, 15) is 4.39 Å². The van der Waals surface area contributed by atoms with Gasteiger partial charge in [-0.05, 0) is 20.3 Å². The van der Waals surface area contributed by atoms with Gasteiger partial charge in [-0.3, -0.25) is 0 Å². The van der Waals surface area contributed by atoms with E-state index in [4.69, 9.17) is 4.74 Å². The predicted octanol–water partition coefficient (Wildman–Crippen LogP) is 2.30. The Morgan fingerprint density at radius 2 is 2.21 bits per heavy atom. The van der Waals surface area contributed by atoms with E-state index < -0.39 is 5.82 Å². The van der Waals surface area contributed by atoms with Gasteiger partial charge in [0.25, 0.3) is 0 Å². The summed E-state index contributed by atoms with van der Waals surface area (Å²) in [6, 6.07) is 0.0541. The second kappa shape index (κ2) is 7.89. The molecule has 1 aromatic rings. The Balaban J connectivity index is 2.94. The first-order chi connectivity index (χ1) is 9.13. The minimum Gasteiger partial charge on any atom is -0.383 e. The van der Waals surface area contributed by atoms with E-state index >= 15 is 0 Å². The van der Waals surface area contributed by atoms with E-state index in [0.717, 1.165) is 13.0 Å². The molecular formula is C13H23FN4O. The number of anilines is 2. The molecule has 1 rings (SSSR count). The van der Waals surface area contributed by atoms with Crippen molar-refractivity contribution in [1.29, 1.82) is 0 Å². The van der Waals surface area contributed by atoms with Crippen LogP contribution in [-0.2, 0) is 4.74 Å². The second-order valence-electron chi connectivity index (χ2n) is 4.38. The first kappa shape index (κ1) is 15.6. The van der Waals surface area contributed by atoms with Crippen molar-refractivity contribution < 1.29 is 9.13 Å². The molecule has 0 saturated heterocycles. The van der Waals surface area contributed by atoms with Crippen LogP contribution in [0.15, 0.2) is 6.20 Å². The van der Waals surface area contributed by atoms with Crippen LogP contribution in [0, 0.1) is 5.82 Å². The molecule has 19 heavy (non-hydrogen) atoms. The molecule has 0 aromatic carbocycles. The van der Waals surface area contributed by atoms with Gasteiger partial charge in [-0.15, -0.1) is 0 Å². The molecule has 108 valence electrons. The summed E-state index contributed by atoms with van der Waals surface area (Å²) in [4.78, 5) is 10.1. The van der Waals surface area contributed by atoms with Gasteiger partial charge in [0.05, 0.1) is 18.8 Å². The molecule has 0 aliphatic heterocycles. The molecule has 1 unspecified atom stereocenters. The second-order valence-corrected chi connectivity index (χ2v) is 4.38. The van der Waals surface area contributed by atoms with Crippen LogP contribution in [0.25, 0.3) is 0 Å². The number of halogens is 1. The standard InChI is InChI=1S/C13H23FN4O/c1-5-7-15-13-16-8-11(14)12(17-13)18(6-2)10(3)9-19-4/h8,10H,5-7,9H2,1-4H3,(H,15,16,17). The smallest absolute Gasteiger partial charge is 0.224 e. The van der Waals surface area contributed by atoms with Crippen LogP contribution < -0.4 is 10.2 Å². The maximum atomic E-state index is 13.9. The maximum absolute atomic E-state index is 13.9. The van der Waals surface area contributed by atoms with E-state index in [1.165, 1.54) is 6.20 Å². The van der Waals surface area contributed by atoms with Crippen LogP contribution in [-0.4, -0.2) is 42.8 Å². The SMILES string of the molecule is CCCNc1ncc(F)c(N(CC)C(C)COC)n1. The molecule has 1 heterocycles. The lowest BCUT2D eigenvalue weighted by Gasteiger charge is -2.28. The highest BCUT2D eigenvalue weighted by molar-refractivity contribution is 5.44. The van der Waals surface area contributed by atoms with Crippen molar-refractivity contribution in [3.05, 3.63) is 12.0 Å². The summed E-state index contributed by atoms with van der Waals surface area (Å²) in [6.07, 6.45) is 2.18. The summed E-state index contributed by atoms with van der Waals surface area (Å²) in [7, 11) is 1.63. The number of hydrogen-bond donors (Lipinski definition) is 1. The van der Waals surface area contributed by atoms with Crippen LogP contribution in [0.4, 0.5) is 16.2 Å². The molecule has 0 spiro atoms. The molecule has 0 aliphatic carbocycles. The van der Waals surface area contributed by atoms with Gasteiger partial charge in [0.2, 0.25) is 5.95 Å². The highest BCUT2D eigenvalue weighted by Crippen LogP contribution is 2.19. The Morgan fingerprint density at radius 3 is 2.79 bits per heavy atom. The lowest BCUT2D eigenvalue weighted by Crippen LogP contribution is -2.37. The summed E-state index contributed by atoms with van der Waals surface area (Å²) >= 11 is 0. The molecular weight excluding hydrogens is 247 g/mol. The number of nitrogens with one attached hydrogen (secondary N) is 1. The minimum absolute atomic E-state index is 0.0541. The highest BCUT2D eigenvalue weighted by Gasteiger charge is 2.19. The molecule has 0 amide bonds. The third kappa shape index (κ3) is 4.31. The van der Waals surface area contributed by atoms with E-state index in [0.29, 0.717) is 24.9 Å². The minimum atomic E-state index is -0.410. The Bertz CT molecular complexity index is 389. The van der Waals surface area contributed by atoms with Crippen molar-refractivity contribution in [3.63, 3.8) is 0 Å². The predicted molar refractivity (Wildman–Crippen MR) is 75.1 cm³/mol. The van der Waals surface area contributed by atoms with Crippen LogP contribution in [0.2, 0.25) is 0 Å². The summed E-state index contributed by atoms with van der Waals surface area (Å²) in [5, 5.41) is 3.07. The van der Waals surface area contributed by atoms with Crippen molar-refractivity contribution in [3.8, 4) is 0 Å². The summed E-state index contributed by atoms with van der Waals surface area (Å²) < 4.78 is 19.0. The van der Waals surface area contributed by atoms with Gasteiger partial charge in [-0.25, -0.2) is 9.37 Å². The van der Waals surface area contributed by atoms with Gasteiger partial charge in [-0.1, -0.05) is 6.92 Å². The largest absolute Gasteiger partial charge is 0.383 e. The van der Waals surface area contributed by atoms with Crippen molar-refractivity contribution >= 4 is 11.8 Å². The molecule has 1 aromatic heterocycles. The number of aromatic nitrogens is 2.